The van der Waals surface area contributed by atoms with E-state index in [2.05, 4.69) is 34.9 Å². The number of para-hydroxylation sites is 1. The van der Waals surface area contributed by atoms with Crippen LogP contribution in [-0.2, 0) is 4.79 Å². The molecule has 0 radical (unpaired) electrons. The molecule has 0 aromatic heterocycles. The number of aliphatic imine (C=N–C) groups is 1. The highest BCUT2D eigenvalue weighted by Crippen LogP contribution is 2.25. The molecule has 0 saturated carbocycles. The van der Waals surface area contributed by atoms with Crippen molar-refractivity contribution in [3.05, 3.63) is 102 Å². The predicted molar refractivity (Wildman–Crippen MR) is 125 cm³/mol. The highest BCUT2D eigenvalue weighted by molar-refractivity contribution is 6.08. The van der Waals surface area contributed by atoms with E-state index in [-0.39, 0.29) is 30.3 Å². The molecule has 3 aromatic carbocycles. The summed E-state index contributed by atoms with van der Waals surface area (Å²) in [6, 6.07) is 30.1. The lowest BCUT2D eigenvalue weighted by Gasteiger charge is -2.28. The van der Waals surface area contributed by atoms with Crippen molar-refractivity contribution < 1.29 is 4.79 Å². The lowest BCUT2D eigenvalue weighted by molar-refractivity contribution is -0.118. The summed E-state index contributed by atoms with van der Waals surface area (Å²) in [6.07, 6.45) is 1.71. The number of amidine groups is 1. The van der Waals surface area contributed by atoms with Crippen LogP contribution in [0.25, 0.3) is 0 Å². The molecule has 30 heavy (non-hydrogen) atoms. The van der Waals surface area contributed by atoms with Gasteiger partial charge in [0.25, 0.3) is 0 Å². The van der Waals surface area contributed by atoms with Crippen molar-refractivity contribution in [2.45, 2.75) is 18.9 Å². The number of carbonyl (C=O) groups excluding carboxylic acids is 1. The van der Waals surface area contributed by atoms with Gasteiger partial charge in [0.2, 0.25) is 5.91 Å². The second kappa shape index (κ2) is 10.6. The summed E-state index contributed by atoms with van der Waals surface area (Å²) in [6.45, 7) is 0.744. The third-order valence-corrected chi connectivity index (χ3v) is 5.18. The third-order valence-electron chi connectivity index (χ3n) is 5.18. The SMILES string of the molecule is Cl.O=C(Nc1ccccc1)C1CCCN=C1NC(c1ccccc1)c1ccccc1. The maximum absolute atomic E-state index is 13.0. The molecule has 5 heteroatoms. The van der Waals surface area contributed by atoms with Gasteiger partial charge in [-0.15, -0.1) is 12.4 Å². The Morgan fingerprint density at radius 2 is 1.37 bits per heavy atom. The third kappa shape index (κ3) is 5.28. The summed E-state index contributed by atoms with van der Waals surface area (Å²) in [7, 11) is 0. The number of rotatable bonds is 5. The highest BCUT2D eigenvalue weighted by Gasteiger charge is 2.29. The van der Waals surface area contributed by atoms with E-state index in [9.17, 15) is 4.79 Å². The average Bonchev–Trinajstić information content (AvgIpc) is 2.79. The van der Waals surface area contributed by atoms with Crippen LogP contribution in [0.2, 0.25) is 0 Å². The van der Waals surface area contributed by atoms with E-state index >= 15 is 0 Å². The van der Waals surface area contributed by atoms with Crippen molar-refractivity contribution in [2.24, 2.45) is 10.9 Å². The Bertz CT molecular complexity index is 922. The van der Waals surface area contributed by atoms with Crippen LogP contribution in [0.3, 0.4) is 0 Å². The van der Waals surface area contributed by atoms with Crippen LogP contribution in [0.5, 0.6) is 0 Å². The van der Waals surface area contributed by atoms with Crippen LogP contribution in [0, 0.1) is 5.92 Å². The second-order valence-electron chi connectivity index (χ2n) is 7.22. The van der Waals surface area contributed by atoms with Crippen LogP contribution in [0.4, 0.5) is 5.69 Å². The zero-order valence-electron chi connectivity index (χ0n) is 16.7. The molecule has 0 fully saturated rings. The van der Waals surface area contributed by atoms with E-state index in [0.29, 0.717) is 0 Å². The molecule has 1 aliphatic rings. The highest BCUT2D eigenvalue weighted by atomic mass is 35.5. The Morgan fingerprint density at radius 1 is 0.833 bits per heavy atom. The standard InChI is InChI=1S/C25H25N3O.ClH/c29-25(27-21-15-8-3-9-16-21)22-17-10-18-26-24(22)28-23(19-11-4-1-5-12-19)20-13-6-2-7-14-20;/h1-9,11-16,22-23H,10,17-18H2,(H,26,28)(H,27,29);1H. The van der Waals surface area contributed by atoms with E-state index in [0.717, 1.165) is 42.0 Å². The average molecular weight is 420 g/mol. The minimum absolute atomic E-state index is 0. The maximum Gasteiger partial charge on any atom is 0.235 e. The van der Waals surface area contributed by atoms with Gasteiger partial charge in [0.15, 0.2) is 0 Å². The first kappa shape index (κ1) is 21.6. The largest absolute Gasteiger partial charge is 0.362 e. The summed E-state index contributed by atoms with van der Waals surface area (Å²) in [5.74, 6) is 0.475. The van der Waals surface area contributed by atoms with Gasteiger partial charge in [0.05, 0.1) is 12.0 Å². The summed E-state index contributed by atoms with van der Waals surface area (Å²) in [5, 5.41) is 6.63. The maximum atomic E-state index is 13.0. The Labute approximate surface area is 183 Å². The number of halogens is 1. The number of nitrogens with zero attached hydrogens (tertiary/aromatic N) is 1. The molecule has 2 N–H and O–H groups in total. The monoisotopic (exact) mass is 419 g/mol. The van der Waals surface area contributed by atoms with Crippen LogP contribution in [-0.4, -0.2) is 18.3 Å². The topological polar surface area (TPSA) is 53.5 Å². The molecular weight excluding hydrogens is 394 g/mol. The summed E-state index contributed by atoms with van der Waals surface area (Å²) in [5.41, 5.74) is 3.11. The number of amides is 1. The summed E-state index contributed by atoms with van der Waals surface area (Å²) < 4.78 is 0. The van der Waals surface area contributed by atoms with Gasteiger partial charge in [0.1, 0.15) is 5.84 Å². The molecule has 0 spiro atoms. The predicted octanol–water partition coefficient (Wildman–Crippen LogP) is 5.23. The molecule has 154 valence electrons. The number of hydrogen-bond donors (Lipinski definition) is 2. The van der Waals surface area contributed by atoms with E-state index in [1.807, 2.05) is 66.7 Å². The van der Waals surface area contributed by atoms with E-state index in [4.69, 9.17) is 4.99 Å². The fourth-order valence-electron chi connectivity index (χ4n) is 3.69. The first-order valence-corrected chi connectivity index (χ1v) is 10.1. The van der Waals surface area contributed by atoms with Crippen LogP contribution < -0.4 is 10.6 Å². The van der Waals surface area contributed by atoms with E-state index < -0.39 is 0 Å². The molecule has 4 rings (SSSR count). The summed E-state index contributed by atoms with van der Waals surface area (Å²) in [4.78, 5) is 17.7. The van der Waals surface area contributed by atoms with E-state index in [1.165, 1.54) is 0 Å². The van der Waals surface area contributed by atoms with Crippen molar-refractivity contribution in [1.29, 1.82) is 0 Å². The molecule has 1 aliphatic heterocycles. The number of benzene rings is 3. The first-order valence-electron chi connectivity index (χ1n) is 10.1. The number of nitrogens with one attached hydrogen (secondary N) is 2. The molecule has 0 aliphatic carbocycles. The van der Waals surface area contributed by atoms with Gasteiger partial charge in [0, 0.05) is 12.2 Å². The van der Waals surface area contributed by atoms with E-state index in [1.54, 1.807) is 0 Å². The van der Waals surface area contributed by atoms with Crippen molar-refractivity contribution >= 4 is 29.8 Å². The molecule has 4 nitrogen and oxygen atoms in total. The first-order chi connectivity index (χ1) is 14.3. The molecule has 1 unspecified atom stereocenters. The van der Waals surface area contributed by atoms with Crippen LogP contribution >= 0.6 is 12.4 Å². The van der Waals surface area contributed by atoms with Gasteiger partial charge in [-0.2, -0.15) is 0 Å². The zero-order valence-corrected chi connectivity index (χ0v) is 17.5. The fraction of sp³-hybridized carbons (Fsp3) is 0.200. The number of anilines is 1. The lowest BCUT2D eigenvalue weighted by atomic mass is 9.94. The molecular formula is C25H26ClN3O. The van der Waals surface area contributed by atoms with Gasteiger partial charge in [-0.3, -0.25) is 9.79 Å². The molecule has 1 amide bonds. The van der Waals surface area contributed by atoms with Crippen LogP contribution in [0.1, 0.15) is 30.0 Å². The second-order valence-corrected chi connectivity index (χ2v) is 7.22. The zero-order chi connectivity index (χ0) is 19.9. The van der Waals surface area contributed by atoms with Gasteiger partial charge >= 0.3 is 0 Å². The Hall–Kier alpha value is -3.11. The molecule has 0 saturated heterocycles. The van der Waals surface area contributed by atoms with Gasteiger partial charge in [-0.25, -0.2) is 0 Å². The van der Waals surface area contributed by atoms with Gasteiger partial charge in [-0.05, 0) is 36.1 Å². The van der Waals surface area contributed by atoms with Crippen molar-refractivity contribution in [1.82, 2.24) is 5.32 Å². The smallest absolute Gasteiger partial charge is 0.235 e. The number of hydrogen-bond acceptors (Lipinski definition) is 3. The molecule has 1 atom stereocenters. The molecule has 0 bridgehead atoms. The Balaban J connectivity index is 0.00000256. The molecule has 3 aromatic rings. The van der Waals surface area contributed by atoms with Crippen molar-refractivity contribution in [3.63, 3.8) is 0 Å². The Kier molecular flexibility index (Phi) is 7.63. The quantitative estimate of drug-likeness (QED) is 0.594. The lowest BCUT2D eigenvalue weighted by Crippen LogP contribution is -2.42. The van der Waals surface area contributed by atoms with Crippen molar-refractivity contribution in [3.8, 4) is 0 Å². The fourth-order valence-corrected chi connectivity index (χ4v) is 3.69. The Morgan fingerprint density at radius 3 is 1.93 bits per heavy atom. The minimum Gasteiger partial charge on any atom is -0.362 e. The summed E-state index contributed by atoms with van der Waals surface area (Å²) >= 11 is 0. The molecule has 1 heterocycles. The van der Waals surface area contributed by atoms with Gasteiger partial charge < -0.3 is 10.6 Å². The minimum atomic E-state index is -0.279. The van der Waals surface area contributed by atoms with Crippen molar-refractivity contribution in [2.75, 3.05) is 11.9 Å². The normalized spacial score (nSPS) is 15.6. The number of carbonyl (C=O) groups is 1. The van der Waals surface area contributed by atoms with Gasteiger partial charge in [-0.1, -0.05) is 78.9 Å². The van der Waals surface area contributed by atoms with Crippen LogP contribution in [0.15, 0.2) is 96.0 Å².